The molecule has 4 aromatic rings. The molecule has 0 heterocycles. The summed E-state index contributed by atoms with van der Waals surface area (Å²) in [5.41, 5.74) is 5.56. The van der Waals surface area contributed by atoms with Gasteiger partial charge in [-0.15, -0.1) is 23.2 Å². The average Bonchev–Trinajstić information content (AvgIpc) is 1.71. The van der Waals surface area contributed by atoms with E-state index in [0.717, 1.165) is 141 Å². The van der Waals surface area contributed by atoms with Crippen LogP contribution in [0.1, 0.15) is 246 Å². The number of carboxylic acid groups (broad SMARTS) is 2. The first-order chi connectivity index (χ1) is 57.4. The molecule has 4 fully saturated rings. The molecule has 8 rings (SSSR count). The molecule has 0 saturated heterocycles. The Morgan fingerprint density at radius 1 is 0.361 bits per heavy atom. The number of aliphatic hydroxyl groups is 4. The van der Waals surface area contributed by atoms with E-state index in [2.05, 4.69) is 285 Å². The van der Waals surface area contributed by atoms with Crippen molar-refractivity contribution in [3.05, 3.63) is 241 Å². The second-order valence-electron chi connectivity index (χ2n) is 34.8. The highest BCUT2D eigenvalue weighted by Gasteiger charge is 2.41. The maximum Gasteiger partial charge on any atom is 0.303 e. The number of aryl methyl sites for hydroxylation is 4. The molecule has 0 aliphatic heterocycles. The fourth-order valence-corrected chi connectivity index (χ4v) is 17.5. The standard InChI is InChI=1S/2C27H41NO2.2C25H36O3.CH2Cl2/c1-4-28-27(30)15-11-6-5-10-14-25-24(22(3)20-26(25)29)19-17-21(2)16-18-23-12-8-7-9-13-23;1-4-28-27(30)15-11-6-5-10-14-24-22(3)20-26(29)25(24)19-17-21(2)16-18-23-12-8-7-9-13-23;1-19(14-16-21-10-6-5-7-11-21)15-17-22-20(2)18-24(26)23(22)12-8-3-4-9-13-25(27)28;1-19(14-16-21-10-6-5-7-11-21)15-17-23-22(20(2)18-24(23)26)12-8-3-4-9-13-25(27)28;2-1-3/h2*5,7-10,12-13,17,19,21-22,24-26,29H,4,6,11,14-16,18,20H2,1-3H3,(H,28,30);2*3,5-8,10-11,15,17,19-20,22-24,26H,4,9,12-14,16,18H2,1-2H3,(H,27,28);1H2/b2*10-5-,19-17+;2*8-3-,17-15+;/t21-,22+,24-,25+,26-;21-,22-,24-,25+,26+;19-,20+,22-,23+,24-;19-,20-,22-,23+,24+;/m0000./s1. The van der Waals surface area contributed by atoms with Crippen LogP contribution in [0.3, 0.4) is 0 Å². The zero-order valence-corrected chi connectivity index (χ0v) is 75.8. The van der Waals surface area contributed by atoms with Crippen molar-refractivity contribution < 1.29 is 49.8 Å². The van der Waals surface area contributed by atoms with Crippen LogP contribution in [0.5, 0.6) is 0 Å². The van der Waals surface area contributed by atoms with Gasteiger partial charge in [-0.3, -0.25) is 19.2 Å². The molecule has 4 aromatic carbocycles. The SMILES string of the molecule is CCNC(=O)CCC/C=C\C[C@@H]1[C@@H](/C=C/[C@@H](C)CCc2ccccc2)[C@H](C)C[C@@H]1O.CCNC(=O)CCC/C=C\C[C@@H]1[C@@H](/C=C/[C@@H](C)CCc2ccccc2)[C@H](O)C[C@@H]1C.C[C@H](/C=C/[C@@H]1[C@@H](C/C=C\CCCC(=O)O)[C@@H](C)C[C@H]1O)CCc1ccccc1.C[C@H](/C=C/[C@@H]1[C@@H](C/C=C\CCCC(=O)O)[C@@H](O)C[C@H]1C)CCc1ccccc1.ClCCl. The Morgan fingerprint density at radius 3 is 0.866 bits per heavy atom. The zero-order chi connectivity index (χ0) is 87.0. The number of alkyl halides is 2. The highest BCUT2D eigenvalue weighted by atomic mass is 35.5. The van der Waals surface area contributed by atoms with Gasteiger partial charge in [0, 0.05) is 50.6 Å². The number of unbranched alkanes of at least 4 members (excludes halogenated alkanes) is 4. The number of carbonyl (C=O) groups excluding carboxylic acids is 2. The molecule has 2 amide bonds. The normalized spacial score (nSPS) is 25.2. The number of nitrogens with one attached hydrogen (secondary N) is 2. The quantitative estimate of drug-likeness (QED) is 0.0119. The molecule has 0 aromatic heterocycles. The number of rotatable bonds is 46. The van der Waals surface area contributed by atoms with Gasteiger partial charge in [-0.2, -0.15) is 0 Å². The fraction of sp³-hybridized carbons (Fsp3) is 0.581. The monoisotopic (exact) mass is 1680 g/mol. The molecule has 12 nitrogen and oxygen atoms in total. The van der Waals surface area contributed by atoms with Crippen LogP contribution < -0.4 is 10.6 Å². The van der Waals surface area contributed by atoms with Gasteiger partial charge < -0.3 is 41.3 Å². The highest BCUT2D eigenvalue weighted by Crippen LogP contribution is 2.44. The predicted octanol–water partition coefficient (Wildman–Crippen LogP) is 24.1. The summed E-state index contributed by atoms with van der Waals surface area (Å²) < 4.78 is 0. The molecule has 20 atom stereocenters. The van der Waals surface area contributed by atoms with Crippen molar-refractivity contribution in [3.8, 4) is 0 Å². The van der Waals surface area contributed by atoms with Crippen molar-refractivity contribution in [2.45, 2.75) is 273 Å². The van der Waals surface area contributed by atoms with Crippen LogP contribution >= 0.6 is 23.2 Å². The number of aliphatic hydroxyl groups excluding tert-OH is 4. The number of benzene rings is 4. The summed E-state index contributed by atoms with van der Waals surface area (Å²) >= 11 is 9.53. The Bertz CT molecular complexity index is 3330. The number of carbonyl (C=O) groups is 4. The highest BCUT2D eigenvalue weighted by molar-refractivity contribution is 6.40. The lowest BCUT2D eigenvalue weighted by molar-refractivity contribution is -0.138. The van der Waals surface area contributed by atoms with Gasteiger partial charge in [-0.05, 0) is 273 Å². The van der Waals surface area contributed by atoms with Crippen LogP contribution in [-0.4, -0.2) is 97.2 Å². The fourth-order valence-electron chi connectivity index (χ4n) is 17.5. The van der Waals surface area contributed by atoms with E-state index in [0.29, 0.717) is 116 Å². The lowest BCUT2D eigenvalue weighted by atomic mass is 9.85. The molecular weight excluding hydrogens is 1520 g/mol. The van der Waals surface area contributed by atoms with Gasteiger partial charge in [0.15, 0.2) is 0 Å². The molecular formula is C105H156Cl2N2O10. The second kappa shape index (κ2) is 63.1. The van der Waals surface area contributed by atoms with Gasteiger partial charge in [0.2, 0.25) is 11.8 Å². The Kier molecular flexibility index (Phi) is 55.4. The van der Waals surface area contributed by atoms with Gasteiger partial charge in [-0.1, -0.05) is 274 Å². The topological polar surface area (TPSA) is 214 Å². The van der Waals surface area contributed by atoms with Crippen LogP contribution in [0.15, 0.2) is 219 Å². The molecule has 8 N–H and O–H groups in total. The number of hydrogen-bond acceptors (Lipinski definition) is 8. The van der Waals surface area contributed by atoms with Crippen molar-refractivity contribution in [2.24, 2.45) is 94.7 Å². The summed E-state index contributed by atoms with van der Waals surface area (Å²) in [7, 11) is 0. The third kappa shape index (κ3) is 45.2. The van der Waals surface area contributed by atoms with E-state index in [1.807, 2.05) is 13.8 Å². The summed E-state index contributed by atoms with van der Waals surface area (Å²) in [5.74, 6) is 5.81. The molecule has 660 valence electrons. The third-order valence-corrected chi connectivity index (χ3v) is 24.8. The molecule has 14 heteroatoms. The zero-order valence-electron chi connectivity index (χ0n) is 74.3. The molecule has 0 spiro atoms. The van der Waals surface area contributed by atoms with Crippen LogP contribution in [0.4, 0.5) is 0 Å². The van der Waals surface area contributed by atoms with Crippen LogP contribution in [-0.2, 0) is 44.9 Å². The van der Waals surface area contributed by atoms with E-state index >= 15 is 0 Å². The van der Waals surface area contributed by atoms with Crippen molar-refractivity contribution >= 4 is 47.0 Å². The second-order valence-corrected chi connectivity index (χ2v) is 35.6. The van der Waals surface area contributed by atoms with Crippen LogP contribution in [0.25, 0.3) is 0 Å². The maximum absolute atomic E-state index is 11.5. The first-order valence-electron chi connectivity index (χ1n) is 45.7. The third-order valence-electron chi connectivity index (χ3n) is 24.8. The minimum atomic E-state index is -0.736. The molecule has 0 radical (unpaired) electrons. The summed E-state index contributed by atoms with van der Waals surface area (Å²) in [4.78, 5) is 44.1. The van der Waals surface area contributed by atoms with E-state index < -0.39 is 11.9 Å². The maximum atomic E-state index is 11.5. The Labute approximate surface area is 730 Å². The van der Waals surface area contributed by atoms with E-state index in [1.54, 1.807) is 0 Å². The van der Waals surface area contributed by atoms with E-state index in [9.17, 15) is 39.6 Å². The van der Waals surface area contributed by atoms with Crippen molar-refractivity contribution in [1.29, 1.82) is 0 Å². The predicted molar refractivity (Wildman–Crippen MR) is 499 cm³/mol. The largest absolute Gasteiger partial charge is 0.481 e. The van der Waals surface area contributed by atoms with Gasteiger partial charge in [-0.25, -0.2) is 0 Å². The molecule has 0 unspecified atom stereocenters. The van der Waals surface area contributed by atoms with Gasteiger partial charge in [0.1, 0.15) is 0 Å². The number of amides is 2. The lowest BCUT2D eigenvalue weighted by Crippen LogP contribution is -2.21. The van der Waals surface area contributed by atoms with E-state index in [-0.39, 0.29) is 72.2 Å². The summed E-state index contributed by atoms with van der Waals surface area (Å²) in [6.07, 6.45) is 59.4. The molecule has 4 saturated carbocycles. The Hall–Kier alpha value is -6.90. The van der Waals surface area contributed by atoms with Crippen molar-refractivity contribution in [3.63, 3.8) is 0 Å². The van der Waals surface area contributed by atoms with Crippen LogP contribution in [0.2, 0.25) is 0 Å². The minimum Gasteiger partial charge on any atom is -0.481 e. The first-order valence-corrected chi connectivity index (χ1v) is 46.7. The average molecular weight is 1680 g/mol. The minimum absolute atomic E-state index is 0.137. The number of aliphatic carboxylic acids is 2. The number of hydrogen-bond donors (Lipinski definition) is 8. The van der Waals surface area contributed by atoms with Gasteiger partial charge in [0.25, 0.3) is 0 Å². The molecule has 4 aliphatic rings. The summed E-state index contributed by atoms with van der Waals surface area (Å²) in [5, 5.41) is 65.4. The van der Waals surface area contributed by atoms with E-state index in [1.165, 1.54) is 22.3 Å². The van der Waals surface area contributed by atoms with Crippen molar-refractivity contribution in [1.82, 2.24) is 10.6 Å². The molecule has 0 bridgehead atoms. The van der Waals surface area contributed by atoms with Gasteiger partial charge in [0.05, 0.1) is 29.8 Å². The summed E-state index contributed by atoms with van der Waals surface area (Å²) in [6.45, 7) is 23.4. The molecule has 119 heavy (non-hydrogen) atoms. The van der Waals surface area contributed by atoms with E-state index in [4.69, 9.17) is 33.4 Å². The van der Waals surface area contributed by atoms with Gasteiger partial charge >= 0.3 is 11.9 Å². The first kappa shape index (κ1) is 104. The number of carboxylic acids is 2. The smallest absolute Gasteiger partial charge is 0.303 e. The number of halogens is 2. The Morgan fingerprint density at radius 2 is 0.605 bits per heavy atom. The Balaban J connectivity index is 0.000000330. The van der Waals surface area contributed by atoms with Crippen LogP contribution in [0, 0.1) is 94.7 Å². The summed E-state index contributed by atoms with van der Waals surface area (Å²) in [6, 6.07) is 42.5. The molecule has 4 aliphatic carbocycles. The van der Waals surface area contributed by atoms with Crippen molar-refractivity contribution in [2.75, 3.05) is 18.4 Å². The lowest BCUT2D eigenvalue weighted by Gasteiger charge is -2.20. The number of allylic oxidation sites excluding steroid dienone is 14.